The Kier molecular flexibility index (Phi) is 4.04. The minimum atomic E-state index is -0.127. The molecule has 1 heterocycles. The highest BCUT2D eigenvalue weighted by molar-refractivity contribution is 5.09. The van der Waals surface area contributed by atoms with Crippen molar-refractivity contribution in [1.29, 1.82) is 0 Å². The normalized spacial score (nSPS) is 11.6. The molecule has 1 N–H and O–H groups in total. The van der Waals surface area contributed by atoms with E-state index in [-0.39, 0.29) is 5.60 Å². The number of hydrogen-bond acceptors (Lipinski definition) is 3. The highest BCUT2D eigenvalue weighted by atomic mass is 16.7. The first-order valence-corrected chi connectivity index (χ1v) is 4.88. The van der Waals surface area contributed by atoms with Crippen molar-refractivity contribution in [2.75, 3.05) is 6.54 Å². The molecule has 3 heteroatoms. The predicted octanol–water partition coefficient (Wildman–Crippen LogP) is 1.94. The molecule has 0 aliphatic heterocycles. The van der Waals surface area contributed by atoms with Crippen LogP contribution >= 0.6 is 0 Å². The average Bonchev–Trinajstić information content (AvgIpc) is 2.13. The van der Waals surface area contributed by atoms with E-state index in [9.17, 15) is 0 Å². The van der Waals surface area contributed by atoms with Crippen LogP contribution in [0.5, 0.6) is 0 Å². The molecule has 0 unspecified atom stereocenters. The molecule has 14 heavy (non-hydrogen) atoms. The topological polar surface area (TPSA) is 34.1 Å². The van der Waals surface area contributed by atoms with Crippen LogP contribution in [0, 0.1) is 0 Å². The van der Waals surface area contributed by atoms with Crippen LogP contribution in [0.4, 0.5) is 0 Å². The van der Waals surface area contributed by atoms with Gasteiger partial charge in [-0.2, -0.15) is 0 Å². The molecule has 0 aliphatic carbocycles. The summed E-state index contributed by atoms with van der Waals surface area (Å²) in [4.78, 5) is 9.35. The molecule has 1 aromatic heterocycles. The standard InChI is InChI=1S/C11H18N2O/c1-11(2,3)14-13-9-6-10-4-7-12-8-5-10/h4-5,7-8,13H,6,9H2,1-3H3. The maximum atomic E-state index is 5.39. The van der Waals surface area contributed by atoms with Gasteiger partial charge < -0.3 is 0 Å². The monoisotopic (exact) mass is 194 g/mol. The van der Waals surface area contributed by atoms with E-state index in [1.54, 1.807) is 12.4 Å². The van der Waals surface area contributed by atoms with E-state index in [1.165, 1.54) is 5.56 Å². The van der Waals surface area contributed by atoms with Crippen molar-refractivity contribution in [1.82, 2.24) is 10.5 Å². The number of rotatable bonds is 4. The summed E-state index contributed by atoms with van der Waals surface area (Å²) in [6, 6.07) is 4.03. The maximum absolute atomic E-state index is 5.39. The summed E-state index contributed by atoms with van der Waals surface area (Å²) in [6.45, 7) is 6.88. The summed E-state index contributed by atoms with van der Waals surface area (Å²) in [5.41, 5.74) is 4.10. The van der Waals surface area contributed by atoms with Gasteiger partial charge in [0.1, 0.15) is 0 Å². The van der Waals surface area contributed by atoms with Crippen molar-refractivity contribution >= 4 is 0 Å². The molecular formula is C11H18N2O. The fourth-order valence-corrected chi connectivity index (χ4v) is 1.01. The molecule has 0 atom stereocenters. The summed E-state index contributed by atoms with van der Waals surface area (Å²) in [7, 11) is 0. The van der Waals surface area contributed by atoms with E-state index in [0.29, 0.717) is 0 Å². The van der Waals surface area contributed by atoms with E-state index in [2.05, 4.69) is 10.5 Å². The summed E-state index contributed by atoms with van der Waals surface area (Å²) < 4.78 is 0. The molecule has 1 aromatic rings. The fraction of sp³-hybridized carbons (Fsp3) is 0.545. The molecule has 0 saturated heterocycles. The van der Waals surface area contributed by atoms with Crippen molar-refractivity contribution in [3.8, 4) is 0 Å². The SMILES string of the molecule is CC(C)(C)ONCCc1ccncc1. The summed E-state index contributed by atoms with van der Waals surface area (Å²) in [5, 5.41) is 0. The number of nitrogens with zero attached hydrogens (tertiary/aromatic N) is 1. The second-order valence-electron chi connectivity index (χ2n) is 4.21. The van der Waals surface area contributed by atoms with Crippen molar-refractivity contribution in [3.63, 3.8) is 0 Å². The fourth-order valence-electron chi connectivity index (χ4n) is 1.01. The first-order chi connectivity index (χ1) is 6.58. The minimum Gasteiger partial charge on any atom is -0.296 e. The van der Waals surface area contributed by atoms with Gasteiger partial charge in [-0.05, 0) is 44.9 Å². The molecular weight excluding hydrogens is 176 g/mol. The van der Waals surface area contributed by atoms with Crippen LogP contribution < -0.4 is 5.48 Å². The van der Waals surface area contributed by atoms with Gasteiger partial charge in [-0.25, -0.2) is 5.48 Å². The predicted molar refractivity (Wildman–Crippen MR) is 56.8 cm³/mol. The second-order valence-corrected chi connectivity index (χ2v) is 4.21. The van der Waals surface area contributed by atoms with Gasteiger partial charge in [-0.15, -0.1) is 0 Å². The first-order valence-electron chi connectivity index (χ1n) is 4.88. The maximum Gasteiger partial charge on any atom is 0.0812 e. The zero-order valence-electron chi connectivity index (χ0n) is 9.08. The van der Waals surface area contributed by atoms with Gasteiger partial charge in [0.15, 0.2) is 0 Å². The number of hydroxylamine groups is 1. The van der Waals surface area contributed by atoms with Gasteiger partial charge >= 0.3 is 0 Å². The van der Waals surface area contributed by atoms with Crippen molar-refractivity contribution in [2.45, 2.75) is 32.8 Å². The molecule has 0 radical (unpaired) electrons. The number of pyridine rings is 1. The average molecular weight is 194 g/mol. The number of aromatic nitrogens is 1. The summed E-state index contributed by atoms with van der Waals surface area (Å²) >= 11 is 0. The Hall–Kier alpha value is -0.930. The van der Waals surface area contributed by atoms with Gasteiger partial charge in [-0.3, -0.25) is 9.82 Å². The van der Waals surface area contributed by atoms with Crippen LogP contribution in [0.15, 0.2) is 24.5 Å². The van der Waals surface area contributed by atoms with Gasteiger partial charge in [0.2, 0.25) is 0 Å². The van der Waals surface area contributed by atoms with Crippen molar-refractivity contribution < 1.29 is 4.84 Å². The molecule has 0 saturated carbocycles. The third-order valence-electron chi connectivity index (χ3n) is 1.64. The Morgan fingerprint density at radius 1 is 1.29 bits per heavy atom. The second kappa shape index (κ2) is 5.08. The van der Waals surface area contributed by atoms with E-state index in [0.717, 1.165) is 13.0 Å². The molecule has 0 bridgehead atoms. The van der Waals surface area contributed by atoms with Crippen molar-refractivity contribution in [2.24, 2.45) is 0 Å². The molecule has 78 valence electrons. The van der Waals surface area contributed by atoms with E-state index in [1.807, 2.05) is 32.9 Å². The third-order valence-corrected chi connectivity index (χ3v) is 1.64. The van der Waals surface area contributed by atoms with Crippen molar-refractivity contribution in [3.05, 3.63) is 30.1 Å². The summed E-state index contributed by atoms with van der Waals surface area (Å²) in [6.07, 6.45) is 4.57. The molecule has 0 fully saturated rings. The first kappa shape index (κ1) is 11.1. The third kappa shape index (κ3) is 4.94. The van der Waals surface area contributed by atoms with Crippen LogP contribution in [0.2, 0.25) is 0 Å². The lowest BCUT2D eigenvalue weighted by molar-refractivity contribution is -0.0717. The van der Waals surface area contributed by atoms with E-state index in [4.69, 9.17) is 4.84 Å². The Morgan fingerprint density at radius 2 is 1.93 bits per heavy atom. The zero-order chi connectivity index (χ0) is 10.4. The smallest absolute Gasteiger partial charge is 0.0812 e. The molecule has 0 aliphatic rings. The molecule has 0 spiro atoms. The molecule has 1 rings (SSSR count). The zero-order valence-corrected chi connectivity index (χ0v) is 9.08. The Bertz CT molecular complexity index is 254. The minimum absolute atomic E-state index is 0.127. The molecule has 0 aromatic carbocycles. The van der Waals surface area contributed by atoms with Crippen LogP contribution in [-0.4, -0.2) is 17.1 Å². The van der Waals surface area contributed by atoms with Gasteiger partial charge in [-0.1, -0.05) is 0 Å². The number of hydrogen-bond donors (Lipinski definition) is 1. The Balaban J connectivity index is 2.17. The van der Waals surface area contributed by atoms with Gasteiger partial charge in [0.25, 0.3) is 0 Å². The van der Waals surface area contributed by atoms with Crippen LogP contribution in [0.1, 0.15) is 26.3 Å². The van der Waals surface area contributed by atoms with E-state index < -0.39 is 0 Å². The number of nitrogens with one attached hydrogen (secondary N) is 1. The van der Waals surface area contributed by atoms with E-state index >= 15 is 0 Å². The largest absolute Gasteiger partial charge is 0.296 e. The van der Waals surface area contributed by atoms with Crippen LogP contribution in [-0.2, 0) is 11.3 Å². The van der Waals surface area contributed by atoms with Crippen LogP contribution in [0.3, 0.4) is 0 Å². The Morgan fingerprint density at radius 3 is 2.50 bits per heavy atom. The molecule has 0 amide bonds. The quantitative estimate of drug-likeness (QED) is 0.587. The molecule has 3 nitrogen and oxygen atoms in total. The summed E-state index contributed by atoms with van der Waals surface area (Å²) in [5.74, 6) is 0. The highest BCUT2D eigenvalue weighted by Crippen LogP contribution is 2.03. The Labute approximate surface area is 85.5 Å². The van der Waals surface area contributed by atoms with Crippen LogP contribution in [0.25, 0.3) is 0 Å². The lowest BCUT2D eigenvalue weighted by atomic mass is 10.2. The van der Waals surface area contributed by atoms with Gasteiger partial charge in [0, 0.05) is 18.9 Å². The van der Waals surface area contributed by atoms with Gasteiger partial charge in [0.05, 0.1) is 5.60 Å². The lowest BCUT2D eigenvalue weighted by Gasteiger charge is -2.19. The highest BCUT2D eigenvalue weighted by Gasteiger charge is 2.09. The lowest BCUT2D eigenvalue weighted by Crippen LogP contribution is -2.30.